The molecular formula is C11H14N2O2. The van der Waals surface area contributed by atoms with Crippen molar-refractivity contribution in [2.24, 2.45) is 0 Å². The lowest BCUT2D eigenvalue weighted by Crippen LogP contribution is -2.07. The third-order valence-corrected chi connectivity index (χ3v) is 1.74. The lowest BCUT2D eigenvalue weighted by Gasteiger charge is -2.06. The molecule has 0 N–H and O–H groups in total. The Bertz CT molecular complexity index is 358. The number of hydrogen-bond donors (Lipinski definition) is 0. The van der Waals surface area contributed by atoms with E-state index in [4.69, 9.17) is 14.7 Å². The average molecular weight is 206 g/mol. The Balaban J connectivity index is 2.54. The first-order chi connectivity index (χ1) is 7.26. The first-order valence-corrected chi connectivity index (χ1v) is 4.85. The first-order valence-electron chi connectivity index (χ1n) is 4.85. The number of hydrogen-bond acceptors (Lipinski definition) is 4. The van der Waals surface area contributed by atoms with Gasteiger partial charge in [0.2, 0.25) is 5.88 Å². The normalized spacial score (nSPS) is 9.67. The monoisotopic (exact) mass is 206 g/mol. The van der Waals surface area contributed by atoms with Crippen molar-refractivity contribution >= 4 is 0 Å². The smallest absolute Gasteiger partial charge is 0.214 e. The van der Waals surface area contributed by atoms with Crippen LogP contribution in [0.1, 0.15) is 18.2 Å². The molecule has 4 heteroatoms. The maximum Gasteiger partial charge on any atom is 0.214 e. The van der Waals surface area contributed by atoms with E-state index < -0.39 is 0 Å². The molecule has 0 bridgehead atoms. The van der Waals surface area contributed by atoms with Gasteiger partial charge < -0.3 is 9.47 Å². The van der Waals surface area contributed by atoms with E-state index in [-0.39, 0.29) is 0 Å². The van der Waals surface area contributed by atoms with Crippen LogP contribution >= 0.6 is 0 Å². The number of ether oxygens (including phenoxy) is 2. The highest BCUT2D eigenvalue weighted by Gasteiger charge is 2.00. The molecular weight excluding hydrogens is 192 g/mol. The average Bonchev–Trinajstić information content (AvgIpc) is 2.23. The van der Waals surface area contributed by atoms with E-state index in [9.17, 15) is 0 Å². The Hall–Kier alpha value is -1.60. The van der Waals surface area contributed by atoms with Crippen LogP contribution in [0, 0.1) is 18.3 Å². The zero-order valence-electron chi connectivity index (χ0n) is 8.99. The highest BCUT2D eigenvalue weighted by atomic mass is 16.5. The van der Waals surface area contributed by atoms with Crippen molar-refractivity contribution in [1.82, 2.24) is 4.98 Å². The van der Waals surface area contributed by atoms with Gasteiger partial charge in [0.05, 0.1) is 18.2 Å². The molecule has 0 saturated carbocycles. The van der Waals surface area contributed by atoms with Crippen LogP contribution in [0.15, 0.2) is 12.1 Å². The molecule has 0 fully saturated rings. The van der Waals surface area contributed by atoms with Gasteiger partial charge in [-0.3, -0.25) is 0 Å². The van der Waals surface area contributed by atoms with Crippen molar-refractivity contribution in [3.05, 3.63) is 23.4 Å². The molecule has 0 aromatic carbocycles. The van der Waals surface area contributed by atoms with Gasteiger partial charge in [0.15, 0.2) is 0 Å². The second-order valence-corrected chi connectivity index (χ2v) is 2.99. The maximum absolute atomic E-state index is 8.74. The zero-order chi connectivity index (χ0) is 11.1. The fraction of sp³-hybridized carbons (Fsp3) is 0.455. The molecule has 1 aromatic heterocycles. The molecule has 0 atom stereocenters. The molecule has 0 aliphatic heterocycles. The fourth-order valence-corrected chi connectivity index (χ4v) is 1.13. The van der Waals surface area contributed by atoms with E-state index in [1.54, 1.807) is 12.1 Å². The van der Waals surface area contributed by atoms with Crippen molar-refractivity contribution in [2.45, 2.75) is 13.8 Å². The quantitative estimate of drug-likeness (QED) is 0.688. The molecule has 15 heavy (non-hydrogen) atoms. The van der Waals surface area contributed by atoms with Crippen LogP contribution in [0.4, 0.5) is 0 Å². The van der Waals surface area contributed by atoms with Crippen molar-refractivity contribution in [3.63, 3.8) is 0 Å². The number of pyridine rings is 1. The third kappa shape index (κ3) is 3.96. The molecule has 80 valence electrons. The molecule has 0 radical (unpaired) electrons. The largest absolute Gasteiger partial charge is 0.475 e. The minimum atomic E-state index is 0.454. The van der Waals surface area contributed by atoms with Gasteiger partial charge in [0.1, 0.15) is 6.61 Å². The molecule has 0 amide bonds. The van der Waals surface area contributed by atoms with E-state index in [1.165, 1.54) is 0 Å². The van der Waals surface area contributed by atoms with Gasteiger partial charge in [0, 0.05) is 18.4 Å². The van der Waals surface area contributed by atoms with Crippen molar-refractivity contribution in [3.8, 4) is 11.9 Å². The number of nitrogens with zero attached hydrogens (tertiary/aromatic N) is 2. The van der Waals surface area contributed by atoms with Gasteiger partial charge >= 0.3 is 0 Å². The van der Waals surface area contributed by atoms with Crippen LogP contribution < -0.4 is 4.74 Å². The van der Waals surface area contributed by atoms with Crippen molar-refractivity contribution in [1.29, 1.82) is 5.26 Å². The molecule has 0 unspecified atom stereocenters. The highest BCUT2D eigenvalue weighted by molar-refractivity contribution is 5.33. The summed E-state index contributed by atoms with van der Waals surface area (Å²) in [5.74, 6) is 0.478. The van der Waals surface area contributed by atoms with Crippen LogP contribution in [0.3, 0.4) is 0 Å². The third-order valence-electron chi connectivity index (χ3n) is 1.74. The molecule has 1 aromatic rings. The molecule has 0 saturated heterocycles. The second kappa shape index (κ2) is 5.99. The van der Waals surface area contributed by atoms with E-state index in [0.29, 0.717) is 31.3 Å². The van der Waals surface area contributed by atoms with Crippen LogP contribution in [0.2, 0.25) is 0 Å². The topological polar surface area (TPSA) is 55.1 Å². The second-order valence-electron chi connectivity index (χ2n) is 2.99. The summed E-state index contributed by atoms with van der Waals surface area (Å²) in [5.41, 5.74) is 1.34. The zero-order valence-corrected chi connectivity index (χ0v) is 8.99. The Kier molecular flexibility index (Phi) is 4.58. The molecule has 1 heterocycles. The molecule has 0 spiro atoms. The Morgan fingerprint density at radius 3 is 2.87 bits per heavy atom. The van der Waals surface area contributed by atoms with Crippen molar-refractivity contribution in [2.75, 3.05) is 19.8 Å². The Morgan fingerprint density at radius 2 is 2.20 bits per heavy atom. The van der Waals surface area contributed by atoms with E-state index in [0.717, 1.165) is 5.69 Å². The predicted octanol–water partition coefficient (Wildman–Crippen LogP) is 1.68. The van der Waals surface area contributed by atoms with Crippen LogP contribution in [0.25, 0.3) is 0 Å². The van der Waals surface area contributed by atoms with E-state index >= 15 is 0 Å². The molecule has 0 aliphatic rings. The van der Waals surface area contributed by atoms with Crippen molar-refractivity contribution < 1.29 is 9.47 Å². The highest BCUT2D eigenvalue weighted by Crippen LogP contribution is 2.11. The van der Waals surface area contributed by atoms with Crippen LogP contribution in [0.5, 0.6) is 5.88 Å². The summed E-state index contributed by atoms with van der Waals surface area (Å²) < 4.78 is 10.5. The van der Waals surface area contributed by atoms with Gasteiger partial charge in [-0.2, -0.15) is 5.26 Å². The van der Waals surface area contributed by atoms with Gasteiger partial charge in [-0.25, -0.2) is 4.98 Å². The molecule has 1 rings (SSSR count). The summed E-state index contributed by atoms with van der Waals surface area (Å²) in [6.07, 6.45) is 0. The van der Waals surface area contributed by atoms with Gasteiger partial charge in [0.25, 0.3) is 0 Å². The van der Waals surface area contributed by atoms with E-state index in [1.807, 2.05) is 13.8 Å². The number of nitriles is 1. The Labute approximate surface area is 89.5 Å². The summed E-state index contributed by atoms with van der Waals surface area (Å²) in [6.45, 7) is 5.42. The SMILES string of the molecule is CCOCCOc1cc(C#N)cc(C)n1. The minimum Gasteiger partial charge on any atom is -0.475 e. The maximum atomic E-state index is 8.74. The standard InChI is InChI=1S/C11H14N2O2/c1-3-14-4-5-15-11-7-10(8-12)6-9(2)13-11/h6-7H,3-5H2,1-2H3. The van der Waals surface area contributed by atoms with Crippen LogP contribution in [-0.2, 0) is 4.74 Å². The summed E-state index contributed by atoms with van der Waals surface area (Å²) in [5, 5.41) is 8.74. The summed E-state index contributed by atoms with van der Waals surface area (Å²) in [7, 11) is 0. The fourth-order valence-electron chi connectivity index (χ4n) is 1.13. The lowest BCUT2D eigenvalue weighted by atomic mass is 10.2. The molecule has 4 nitrogen and oxygen atoms in total. The predicted molar refractivity (Wildman–Crippen MR) is 55.7 cm³/mol. The number of aryl methyl sites for hydroxylation is 1. The Morgan fingerprint density at radius 1 is 1.40 bits per heavy atom. The number of rotatable bonds is 5. The molecule has 0 aliphatic carbocycles. The van der Waals surface area contributed by atoms with Crippen LogP contribution in [-0.4, -0.2) is 24.8 Å². The first kappa shape index (κ1) is 11.5. The number of aromatic nitrogens is 1. The summed E-state index contributed by atoms with van der Waals surface area (Å²) in [4.78, 5) is 4.15. The van der Waals surface area contributed by atoms with Gasteiger partial charge in [-0.05, 0) is 19.9 Å². The van der Waals surface area contributed by atoms with Gasteiger partial charge in [-0.1, -0.05) is 0 Å². The lowest BCUT2D eigenvalue weighted by molar-refractivity contribution is 0.108. The summed E-state index contributed by atoms with van der Waals surface area (Å²) >= 11 is 0. The summed E-state index contributed by atoms with van der Waals surface area (Å²) in [6, 6.07) is 5.40. The van der Waals surface area contributed by atoms with E-state index in [2.05, 4.69) is 11.1 Å². The minimum absolute atomic E-state index is 0.454. The van der Waals surface area contributed by atoms with Gasteiger partial charge in [-0.15, -0.1) is 0 Å².